The van der Waals surface area contributed by atoms with Gasteiger partial charge in [-0.2, -0.15) is 0 Å². The number of hydrogen-bond acceptors (Lipinski definition) is 4. The predicted octanol–water partition coefficient (Wildman–Crippen LogP) is 2.93. The zero-order valence-electron chi connectivity index (χ0n) is 12.4. The molecule has 110 valence electrons. The van der Waals surface area contributed by atoms with Gasteiger partial charge in [-0.3, -0.25) is 9.59 Å². The van der Waals surface area contributed by atoms with Crippen LogP contribution in [0.15, 0.2) is 18.2 Å². The zero-order chi connectivity index (χ0) is 15.1. The van der Waals surface area contributed by atoms with Gasteiger partial charge < -0.3 is 10.1 Å². The molecular formula is C15H21NO3S. The monoisotopic (exact) mass is 295 g/mol. The van der Waals surface area contributed by atoms with E-state index in [2.05, 4.69) is 5.32 Å². The van der Waals surface area contributed by atoms with E-state index in [0.29, 0.717) is 6.61 Å². The minimum atomic E-state index is -0.305. The third-order valence-electron chi connectivity index (χ3n) is 2.77. The van der Waals surface area contributed by atoms with Crippen LogP contribution >= 0.6 is 11.8 Å². The molecule has 4 nitrogen and oxygen atoms in total. The molecule has 0 heterocycles. The van der Waals surface area contributed by atoms with Crippen molar-refractivity contribution in [1.29, 1.82) is 0 Å². The molecule has 20 heavy (non-hydrogen) atoms. The van der Waals surface area contributed by atoms with Crippen LogP contribution in [0.5, 0.6) is 0 Å². The maximum absolute atomic E-state index is 12.0. The van der Waals surface area contributed by atoms with Crippen molar-refractivity contribution >= 4 is 29.3 Å². The lowest BCUT2D eigenvalue weighted by Crippen LogP contribution is -2.24. The Bertz CT molecular complexity index is 488. The van der Waals surface area contributed by atoms with E-state index >= 15 is 0 Å². The van der Waals surface area contributed by atoms with E-state index in [0.717, 1.165) is 16.8 Å². The fourth-order valence-electron chi connectivity index (χ4n) is 1.66. The average molecular weight is 295 g/mol. The predicted molar refractivity (Wildman–Crippen MR) is 83.1 cm³/mol. The summed E-state index contributed by atoms with van der Waals surface area (Å²) in [7, 11) is 0. The molecule has 5 heteroatoms. The van der Waals surface area contributed by atoms with Gasteiger partial charge in [-0.1, -0.05) is 17.7 Å². The minimum absolute atomic E-state index is 0.105. The molecule has 1 aromatic carbocycles. The van der Waals surface area contributed by atoms with Crippen molar-refractivity contribution in [1.82, 2.24) is 0 Å². The maximum Gasteiger partial charge on any atom is 0.315 e. The van der Waals surface area contributed by atoms with E-state index in [4.69, 9.17) is 4.74 Å². The van der Waals surface area contributed by atoms with Crippen molar-refractivity contribution in [3.05, 3.63) is 29.3 Å². The van der Waals surface area contributed by atoms with Gasteiger partial charge in [0.05, 0.1) is 17.6 Å². The summed E-state index contributed by atoms with van der Waals surface area (Å²) in [4.78, 5) is 23.3. The second-order valence-electron chi connectivity index (χ2n) is 4.57. The summed E-state index contributed by atoms with van der Waals surface area (Å²) in [5.74, 6) is -0.204. The van der Waals surface area contributed by atoms with Gasteiger partial charge in [0, 0.05) is 5.69 Å². The molecule has 0 spiro atoms. The van der Waals surface area contributed by atoms with Gasteiger partial charge in [0.25, 0.3) is 0 Å². The minimum Gasteiger partial charge on any atom is -0.465 e. The van der Waals surface area contributed by atoms with E-state index in [1.54, 1.807) is 13.8 Å². The Morgan fingerprint density at radius 3 is 2.65 bits per heavy atom. The lowest BCUT2D eigenvalue weighted by molar-refractivity contribution is -0.139. The Hall–Kier alpha value is -1.49. The number of anilines is 1. The molecule has 0 fully saturated rings. The van der Waals surface area contributed by atoms with Crippen molar-refractivity contribution in [2.45, 2.75) is 32.9 Å². The highest BCUT2D eigenvalue weighted by Crippen LogP contribution is 2.18. The highest BCUT2D eigenvalue weighted by Gasteiger charge is 2.16. The third kappa shape index (κ3) is 5.25. The van der Waals surface area contributed by atoms with Crippen LogP contribution in [0.4, 0.5) is 5.69 Å². The number of hydrogen-bond donors (Lipinski definition) is 1. The Labute approximate surface area is 124 Å². The highest BCUT2D eigenvalue weighted by atomic mass is 32.2. The molecule has 0 bridgehead atoms. The fourth-order valence-corrected chi connectivity index (χ4v) is 2.34. The van der Waals surface area contributed by atoms with Gasteiger partial charge in [0.15, 0.2) is 0 Å². The summed E-state index contributed by atoms with van der Waals surface area (Å²) in [5, 5.41) is 2.58. The Balaban J connectivity index is 2.51. The van der Waals surface area contributed by atoms with E-state index in [1.165, 1.54) is 11.8 Å². The number of esters is 1. The second kappa shape index (κ2) is 7.94. The summed E-state index contributed by atoms with van der Waals surface area (Å²) < 4.78 is 4.83. The smallest absolute Gasteiger partial charge is 0.315 e. The van der Waals surface area contributed by atoms with Crippen molar-refractivity contribution < 1.29 is 14.3 Å². The van der Waals surface area contributed by atoms with Crippen LogP contribution in [0.1, 0.15) is 25.0 Å². The number of nitrogens with one attached hydrogen (secondary N) is 1. The van der Waals surface area contributed by atoms with Gasteiger partial charge in [0.1, 0.15) is 0 Å². The Morgan fingerprint density at radius 1 is 1.35 bits per heavy atom. The molecule has 0 saturated carbocycles. The van der Waals surface area contributed by atoms with Gasteiger partial charge >= 0.3 is 5.97 Å². The lowest BCUT2D eigenvalue weighted by atomic mass is 10.1. The number of carbonyl (C=O) groups excluding carboxylic acids is 2. The number of carbonyl (C=O) groups is 2. The van der Waals surface area contributed by atoms with E-state index in [-0.39, 0.29) is 22.9 Å². The zero-order valence-corrected chi connectivity index (χ0v) is 13.2. The molecule has 0 unspecified atom stereocenters. The molecular weight excluding hydrogens is 274 g/mol. The lowest BCUT2D eigenvalue weighted by Gasteiger charge is -2.13. The second-order valence-corrected chi connectivity index (χ2v) is 5.89. The SMILES string of the molecule is CCOC(=O)CS[C@@H](C)C(=O)Nc1ccc(C)cc1C. The van der Waals surface area contributed by atoms with E-state index < -0.39 is 0 Å². The number of benzene rings is 1. The van der Waals surface area contributed by atoms with Crippen molar-refractivity contribution in [2.75, 3.05) is 17.7 Å². The van der Waals surface area contributed by atoms with E-state index in [1.807, 2.05) is 32.0 Å². The van der Waals surface area contributed by atoms with Gasteiger partial charge in [-0.05, 0) is 39.3 Å². The normalized spacial score (nSPS) is 11.8. The molecule has 1 aromatic rings. The molecule has 0 aromatic heterocycles. The summed E-state index contributed by atoms with van der Waals surface area (Å²) in [6.45, 7) is 7.87. The molecule has 0 radical (unpaired) electrons. The number of thioether (sulfide) groups is 1. The van der Waals surface area contributed by atoms with Crippen LogP contribution in [-0.4, -0.2) is 29.5 Å². The van der Waals surface area contributed by atoms with Gasteiger partial charge in [0.2, 0.25) is 5.91 Å². The van der Waals surface area contributed by atoms with E-state index in [9.17, 15) is 9.59 Å². The Morgan fingerprint density at radius 2 is 2.05 bits per heavy atom. The van der Waals surface area contributed by atoms with Gasteiger partial charge in [-0.15, -0.1) is 11.8 Å². The number of aryl methyl sites for hydroxylation is 2. The number of amides is 1. The highest BCUT2D eigenvalue weighted by molar-refractivity contribution is 8.01. The van der Waals surface area contributed by atoms with Crippen LogP contribution in [0.3, 0.4) is 0 Å². The van der Waals surface area contributed by atoms with Crippen molar-refractivity contribution in [3.63, 3.8) is 0 Å². The molecule has 0 aliphatic rings. The quantitative estimate of drug-likeness (QED) is 0.820. The first-order valence-electron chi connectivity index (χ1n) is 6.59. The summed E-state index contributed by atoms with van der Waals surface area (Å²) in [6.07, 6.45) is 0. The molecule has 1 rings (SSSR count). The topological polar surface area (TPSA) is 55.4 Å². The summed E-state index contributed by atoms with van der Waals surface area (Å²) in [5.41, 5.74) is 3.00. The molecule has 1 N–H and O–H groups in total. The average Bonchev–Trinajstić information content (AvgIpc) is 2.39. The molecule has 0 saturated heterocycles. The molecule has 1 amide bonds. The molecule has 0 aliphatic heterocycles. The standard InChI is InChI=1S/C15H21NO3S/c1-5-19-14(17)9-20-12(4)15(18)16-13-7-6-10(2)8-11(13)3/h6-8,12H,5,9H2,1-4H3,(H,16,18)/t12-/m0/s1. The van der Waals surface area contributed by atoms with Gasteiger partial charge in [-0.25, -0.2) is 0 Å². The molecule has 1 atom stereocenters. The first kappa shape index (κ1) is 16.6. The van der Waals surface area contributed by atoms with Crippen LogP contribution in [0.2, 0.25) is 0 Å². The summed E-state index contributed by atoms with van der Waals surface area (Å²) >= 11 is 1.27. The van der Waals surface area contributed by atoms with Crippen LogP contribution in [0.25, 0.3) is 0 Å². The first-order chi connectivity index (χ1) is 9.43. The summed E-state index contributed by atoms with van der Waals surface area (Å²) in [6, 6.07) is 5.87. The largest absolute Gasteiger partial charge is 0.465 e. The molecule has 0 aliphatic carbocycles. The van der Waals surface area contributed by atoms with Crippen LogP contribution < -0.4 is 5.32 Å². The van der Waals surface area contributed by atoms with Crippen molar-refractivity contribution in [3.8, 4) is 0 Å². The maximum atomic E-state index is 12.0. The van der Waals surface area contributed by atoms with Crippen molar-refractivity contribution in [2.24, 2.45) is 0 Å². The van der Waals surface area contributed by atoms with Crippen LogP contribution in [0, 0.1) is 13.8 Å². The third-order valence-corrected chi connectivity index (χ3v) is 3.88. The van der Waals surface area contributed by atoms with Crippen LogP contribution in [-0.2, 0) is 14.3 Å². The fraction of sp³-hybridized carbons (Fsp3) is 0.467. The number of rotatable bonds is 6. The first-order valence-corrected chi connectivity index (χ1v) is 7.64. The number of ether oxygens (including phenoxy) is 1. The Kier molecular flexibility index (Phi) is 6.58.